The smallest absolute Gasteiger partial charge is 0.258 e. The van der Waals surface area contributed by atoms with Crippen molar-refractivity contribution in [1.82, 2.24) is 15.5 Å². The van der Waals surface area contributed by atoms with Crippen LogP contribution in [0.25, 0.3) is 11.1 Å². The maximum Gasteiger partial charge on any atom is 0.258 e. The highest BCUT2D eigenvalue weighted by molar-refractivity contribution is 6.30. The molecule has 0 aliphatic rings. The molecule has 0 fully saturated rings. The molecule has 5 nitrogen and oxygen atoms in total. The first-order valence-electron chi connectivity index (χ1n) is 7.79. The van der Waals surface area contributed by atoms with Crippen LogP contribution in [0.3, 0.4) is 0 Å². The van der Waals surface area contributed by atoms with Gasteiger partial charge in [-0.25, -0.2) is 4.98 Å². The van der Waals surface area contributed by atoms with E-state index in [0.717, 1.165) is 12.0 Å². The molecule has 0 saturated carbocycles. The average molecular weight is 344 g/mol. The number of hydrogen-bond donors (Lipinski definition) is 1. The SMILES string of the molecule is CCC(NC(=O)c1cc(C)nc2onc(C)c12)c1ccc(Cl)cc1. The van der Waals surface area contributed by atoms with E-state index in [4.69, 9.17) is 16.1 Å². The number of halogens is 1. The Morgan fingerprint density at radius 3 is 2.67 bits per heavy atom. The summed E-state index contributed by atoms with van der Waals surface area (Å²) in [7, 11) is 0. The zero-order valence-electron chi connectivity index (χ0n) is 13.8. The van der Waals surface area contributed by atoms with Gasteiger partial charge in [-0.15, -0.1) is 0 Å². The fraction of sp³-hybridized carbons (Fsp3) is 0.278. The first-order valence-corrected chi connectivity index (χ1v) is 8.17. The third kappa shape index (κ3) is 3.12. The van der Waals surface area contributed by atoms with Crippen LogP contribution in [0, 0.1) is 13.8 Å². The lowest BCUT2D eigenvalue weighted by Gasteiger charge is -2.18. The Morgan fingerprint density at radius 1 is 1.29 bits per heavy atom. The first-order chi connectivity index (χ1) is 11.5. The van der Waals surface area contributed by atoms with Gasteiger partial charge < -0.3 is 9.84 Å². The maximum atomic E-state index is 12.8. The van der Waals surface area contributed by atoms with Gasteiger partial charge in [0, 0.05) is 10.7 Å². The maximum absolute atomic E-state index is 12.8. The second-order valence-electron chi connectivity index (χ2n) is 5.75. The summed E-state index contributed by atoms with van der Waals surface area (Å²) in [5, 5.41) is 8.32. The summed E-state index contributed by atoms with van der Waals surface area (Å²) in [6.45, 7) is 5.65. The second-order valence-corrected chi connectivity index (χ2v) is 6.18. The van der Waals surface area contributed by atoms with E-state index in [9.17, 15) is 4.79 Å². The Bertz CT molecular complexity index is 887. The fourth-order valence-corrected chi connectivity index (χ4v) is 2.87. The first kappa shape index (κ1) is 16.5. The monoisotopic (exact) mass is 343 g/mol. The third-order valence-electron chi connectivity index (χ3n) is 3.98. The highest BCUT2D eigenvalue weighted by atomic mass is 35.5. The minimum atomic E-state index is -0.168. The van der Waals surface area contributed by atoms with Gasteiger partial charge in [-0.3, -0.25) is 4.79 Å². The van der Waals surface area contributed by atoms with Crippen molar-refractivity contribution < 1.29 is 9.32 Å². The molecule has 1 amide bonds. The van der Waals surface area contributed by atoms with Gasteiger partial charge in [0.05, 0.1) is 22.7 Å². The summed E-state index contributed by atoms with van der Waals surface area (Å²) < 4.78 is 5.19. The van der Waals surface area contributed by atoms with E-state index >= 15 is 0 Å². The van der Waals surface area contributed by atoms with Gasteiger partial charge in [0.15, 0.2) is 0 Å². The zero-order valence-corrected chi connectivity index (χ0v) is 14.5. The van der Waals surface area contributed by atoms with Crippen molar-refractivity contribution in [3.8, 4) is 0 Å². The number of fused-ring (bicyclic) bond motifs is 1. The number of carbonyl (C=O) groups excluding carboxylic acids is 1. The number of aryl methyl sites for hydroxylation is 2. The molecule has 0 radical (unpaired) electrons. The van der Waals surface area contributed by atoms with Crippen LogP contribution < -0.4 is 5.32 Å². The number of nitrogens with zero attached hydrogens (tertiary/aromatic N) is 2. The number of pyridine rings is 1. The summed E-state index contributed by atoms with van der Waals surface area (Å²) in [5.74, 6) is -0.168. The molecule has 1 aromatic carbocycles. The zero-order chi connectivity index (χ0) is 17.3. The minimum absolute atomic E-state index is 0.0987. The van der Waals surface area contributed by atoms with Crippen LogP contribution in [0.1, 0.15) is 46.7 Å². The number of carbonyl (C=O) groups is 1. The van der Waals surface area contributed by atoms with E-state index in [1.165, 1.54) is 0 Å². The summed E-state index contributed by atoms with van der Waals surface area (Å²) in [5.41, 5.74) is 3.30. The third-order valence-corrected chi connectivity index (χ3v) is 4.23. The molecule has 24 heavy (non-hydrogen) atoms. The van der Waals surface area contributed by atoms with Gasteiger partial charge >= 0.3 is 0 Å². The molecule has 124 valence electrons. The quantitative estimate of drug-likeness (QED) is 0.763. The van der Waals surface area contributed by atoms with E-state index in [1.54, 1.807) is 13.0 Å². The van der Waals surface area contributed by atoms with Crippen LogP contribution >= 0.6 is 11.6 Å². The minimum Gasteiger partial charge on any atom is -0.345 e. The summed E-state index contributed by atoms with van der Waals surface area (Å²) in [6, 6.07) is 9.16. The van der Waals surface area contributed by atoms with Crippen LogP contribution in [0.5, 0.6) is 0 Å². The van der Waals surface area contributed by atoms with Gasteiger partial charge in [-0.1, -0.05) is 35.8 Å². The number of hydrogen-bond acceptors (Lipinski definition) is 4. The summed E-state index contributed by atoms with van der Waals surface area (Å²) >= 11 is 5.94. The van der Waals surface area contributed by atoms with Gasteiger partial charge in [0.1, 0.15) is 0 Å². The average Bonchev–Trinajstić information content (AvgIpc) is 2.93. The topological polar surface area (TPSA) is 68.0 Å². The second kappa shape index (κ2) is 6.61. The van der Waals surface area contributed by atoms with E-state index < -0.39 is 0 Å². The predicted molar refractivity (Wildman–Crippen MR) is 93.2 cm³/mol. The fourth-order valence-electron chi connectivity index (χ4n) is 2.75. The number of aromatic nitrogens is 2. The molecule has 1 N–H and O–H groups in total. The van der Waals surface area contributed by atoms with Crippen molar-refractivity contribution in [2.24, 2.45) is 0 Å². The molecule has 2 heterocycles. The van der Waals surface area contributed by atoms with Crippen LogP contribution in [0.15, 0.2) is 34.9 Å². The van der Waals surface area contributed by atoms with Crippen molar-refractivity contribution in [2.45, 2.75) is 33.2 Å². The Kier molecular flexibility index (Phi) is 4.53. The van der Waals surface area contributed by atoms with Gasteiger partial charge in [0.25, 0.3) is 11.6 Å². The van der Waals surface area contributed by atoms with Crippen molar-refractivity contribution in [3.05, 3.63) is 57.9 Å². The lowest BCUT2D eigenvalue weighted by Crippen LogP contribution is -2.28. The number of nitrogens with one attached hydrogen (secondary N) is 1. The molecule has 3 aromatic rings. The molecule has 0 bridgehead atoms. The lowest BCUT2D eigenvalue weighted by atomic mass is 10.0. The van der Waals surface area contributed by atoms with Crippen molar-refractivity contribution in [3.63, 3.8) is 0 Å². The Labute approximate surface area is 145 Å². The van der Waals surface area contributed by atoms with Crippen LogP contribution in [-0.2, 0) is 0 Å². The number of benzene rings is 1. The Hall–Kier alpha value is -2.40. The molecule has 0 aliphatic carbocycles. The number of amides is 1. The highest BCUT2D eigenvalue weighted by Crippen LogP contribution is 2.24. The highest BCUT2D eigenvalue weighted by Gasteiger charge is 2.20. The van der Waals surface area contributed by atoms with Crippen LogP contribution in [0.2, 0.25) is 5.02 Å². The Morgan fingerprint density at radius 2 is 2.00 bits per heavy atom. The van der Waals surface area contributed by atoms with Crippen LogP contribution in [-0.4, -0.2) is 16.0 Å². The molecule has 1 atom stereocenters. The van der Waals surface area contributed by atoms with E-state index in [1.807, 2.05) is 38.1 Å². The molecule has 1 unspecified atom stereocenters. The Balaban J connectivity index is 1.94. The molecule has 2 aromatic heterocycles. The van der Waals surface area contributed by atoms with E-state index in [-0.39, 0.29) is 11.9 Å². The molecular formula is C18H18ClN3O2. The number of rotatable bonds is 4. The van der Waals surface area contributed by atoms with E-state index in [0.29, 0.717) is 33.1 Å². The largest absolute Gasteiger partial charge is 0.345 e. The van der Waals surface area contributed by atoms with Crippen molar-refractivity contribution in [1.29, 1.82) is 0 Å². The summed E-state index contributed by atoms with van der Waals surface area (Å²) in [4.78, 5) is 17.1. The van der Waals surface area contributed by atoms with Gasteiger partial charge in [-0.05, 0) is 44.0 Å². The molecule has 0 spiro atoms. The lowest BCUT2D eigenvalue weighted by molar-refractivity contribution is 0.0937. The van der Waals surface area contributed by atoms with E-state index in [2.05, 4.69) is 15.5 Å². The molecular weight excluding hydrogens is 326 g/mol. The normalized spacial score (nSPS) is 12.3. The molecule has 0 aliphatic heterocycles. The van der Waals surface area contributed by atoms with Crippen molar-refractivity contribution >= 4 is 28.6 Å². The summed E-state index contributed by atoms with van der Waals surface area (Å²) in [6.07, 6.45) is 0.767. The molecule has 0 saturated heterocycles. The van der Waals surface area contributed by atoms with Gasteiger partial charge in [0.2, 0.25) is 0 Å². The predicted octanol–water partition coefficient (Wildman–Crippen LogP) is 4.37. The van der Waals surface area contributed by atoms with Crippen molar-refractivity contribution in [2.75, 3.05) is 0 Å². The van der Waals surface area contributed by atoms with Crippen LogP contribution in [0.4, 0.5) is 0 Å². The molecule has 6 heteroatoms. The van der Waals surface area contributed by atoms with Gasteiger partial charge in [-0.2, -0.15) is 0 Å². The molecule has 3 rings (SSSR count). The standard InChI is InChI=1S/C18H18ClN3O2/c1-4-15(12-5-7-13(19)8-6-12)21-17(23)14-9-10(2)20-18-16(14)11(3)22-24-18/h5-9,15H,4H2,1-3H3,(H,21,23).